The maximum absolute atomic E-state index is 14.0. The van der Waals surface area contributed by atoms with Crippen LogP contribution in [0, 0.1) is 19.7 Å². The second-order valence-electron chi connectivity index (χ2n) is 5.35. The van der Waals surface area contributed by atoms with Crippen LogP contribution in [0.25, 0.3) is 0 Å². The first-order chi connectivity index (χ1) is 9.97. The molecule has 0 fully saturated rings. The van der Waals surface area contributed by atoms with Crippen molar-refractivity contribution in [3.8, 4) is 0 Å². The van der Waals surface area contributed by atoms with Gasteiger partial charge in [-0.1, -0.05) is 35.4 Å². The molecule has 0 unspecified atom stereocenters. The molecule has 0 aliphatic carbocycles. The van der Waals surface area contributed by atoms with Crippen molar-refractivity contribution in [3.63, 3.8) is 0 Å². The summed E-state index contributed by atoms with van der Waals surface area (Å²) in [5.41, 5.74) is 3.24. The predicted octanol–water partition coefficient (Wildman–Crippen LogP) is 3.17. The van der Waals surface area contributed by atoms with Crippen molar-refractivity contribution in [2.24, 2.45) is 0 Å². The third kappa shape index (κ3) is 2.23. The number of rotatable bonds is 2. The summed E-state index contributed by atoms with van der Waals surface area (Å²) in [6, 6.07) is 10.1. The highest BCUT2D eigenvalue weighted by atomic mass is 19.1. The lowest BCUT2D eigenvalue weighted by molar-refractivity contribution is -0.114. The molecule has 0 saturated carbocycles. The largest absolute Gasteiger partial charge is 0.299 e. The minimum atomic E-state index is -0.672. The van der Waals surface area contributed by atoms with Crippen LogP contribution in [0.4, 0.5) is 10.1 Å². The van der Waals surface area contributed by atoms with E-state index in [9.17, 15) is 14.0 Å². The van der Waals surface area contributed by atoms with Gasteiger partial charge in [-0.2, -0.15) is 0 Å². The van der Waals surface area contributed by atoms with E-state index in [1.165, 1.54) is 23.1 Å². The summed E-state index contributed by atoms with van der Waals surface area (Å²) in [5, 5.41) is 0. The Morgan fingerprint density at radius 3 is 2.38 bits per heavy atom. The van der Waals surface area contributed by atoms with Crippen LogP contribution in [0.2, 0.25) is 0 Å². The Labute approximate surface area is 122 Å². The maximum atomic E-state index is 14.0. The van der Waals surface area contributed by atoms with Crippen molar-refractivity contribution < 1.29 is 14.0 Å². The smallest absolute Gasteiger partial charge is 0.298 e. The van der Waals surface area contributed by atoms with Crippen LogP contribution in [0.15, 0.2) is 36.4 Å². The molecular weight excluding hydrogens is 269 g/mol. The molecule has 0 saturated heterocycles. The number of carbonyl (C=O) groups is 2. The molecule has 0 aromatic heterocycles. The molecule has 3 rings (SSSR count). The van der Waals surface area contributed by atoms with Gasteiger partial charge in [-0.15, -0.1) is 0 Å². The number of aryl methyl sites for hydroxylation is 2. The Kier molecular flexibility index (Phi) is 3.09. The van der Waals surface area contributed by atoms with Gasteiger partial charge in [0.2, 0.25) is 0 Å². The van der Waals surface area contributed by atoms with Crippen LogP contribution in [-0.4, -0.2) is 11.7 Å². The molecule has 21 heavy (non-hydrogen) atoms. The maximum Gasteiger partial charge on any atom is 0.299 e. The zero-order valence-corrected chi connectivity index (χ0v) is 11.8. The number of benzene rings is 2. The van der Waals surface area contributed by atoms with Crippen LogP contribution < -0.4 is 4.90 Å². The Bertz CT molecular complexity index is 747. The molecule has 0 radical (unpaired) electrons. The number of halogens is 1. The number of hydrogen-bond donors (Lipinski definition) is 0. The number of Topliss-reactive ketones (excluding diaryl/α,β-unsaturated/α-hetero) is 1. The first-order valence-corrected chi connectivity index (χ1v) is 6.69. The summed E-state index contributed by atoms with van der Waals surface area (Å²) < 4.78 is 14.0. The molecule has 0 spiro atoms. The lowest BCUT2D eigenvalue weighted by Crippen LogP contribution is -2.29. The zero-order chi connectivity index (χ0) is 15.1. The molecule has 0 bridgehead atoms. The number of anilines is 1. The fraction of sp³-hybridized carbons (Fsp3) is 0.176. The molecule has 2 aromatic rings. The number of fused-ring (bicyclic) bond motifs is 1. The van der Waals surface area contributed by atoms with E-state index in [1.54, 1.807) is 0 Å². The monoisotopic (exact) mass is 283 g/mol. The second kappa shape index (κ2) is 4.81. The standard InChI is InChI=1S/C17H14FNO2/c1-10-6-11(2)8-12(7-10)9-19-15-13(16(20)17(19)21)4-3-5-14(15)18/h3-8H,9H2,1-2H3. The second-order valence-corrected chi connectivity index (χ2v) is 5.35. The molecule has 3 nitrogen and oxygen atoms in total. The normalized spacial score (nSPS) is 13.8. The first-order valence-electron chi connectivity index (χ1n) is 6.69. The highest BCUT2D eigenvalue weighted by Crippen LogP contribution is 2.32. The van der Waals surface area contributed by atoms with E-state index >= 15 is 0 Å². The van der Waals surface area contributed by atoms with Gasteiger partial charge in [0.05, 0.1) is 17.8 Å². The topological polar surface area (TPSA) is 37.4 Å². The minimum Gasteiger partial charge on any atom is -0.298 e. The number of amides is 1. The summed E-state index contributed by atoms with van der Waals surface area (Å²) in [6.45, 7) is 4.12. The van der Waals surface area contributed by atoms with Crippen LogP contribution in [0.3, 0.4) is 0 Å². The molecule has 1 aliphatic rings. The summed E-state index contributed by atoms with van der Waals surface area (Å²) in [4.78, 5) is 25.2. The van der Waals surface area contributed by atoms with E-state index in [-0.39, 0.29) is 17.8 Å². The molecule has 1 aliphatic heterocycles. The van der Waals surface area contributed by atoms with E-state index in [0.717, 1.165) is 16.7 Å². The fourth-order valence-corrected chi connectivity index (χ4v) is 2.81. The van der Waals surface area contributed by atoms with Gasteiger partial charge in [0.15, 0.2) is 0 Å². The minimum absolute atomic E-state index is 0.0895. The Balaban J connectivity index is 2.04. The highest BCUT2D eigenvalue weighted by Gasteiger charge is 2.37. The lowest BCUT2D eigenvalue weighted by atomic mass is 10.1. The summed E-state index contributed by atoms with van der Waals surface area (Å²) in [6.07, 6.45) is 0. The van der Waals surface area contributed by atoms with E-state index in [0.29, 0.717) is 0 Å². The molecule has 0 atom stereocenters. The third-order valence-electron chi connectivity index (χ3n) is 3.56. The van der Waals surface area contributed by atoms with Gasteiger partial charge < -0.3 is 0 Å². The van der Waals surface area contributed by atoms with E-state index in [4.69, 9.17) is 0 Å². The molecule has 106 valence electrons. The molecule has 1 heterocycles. The van der Waals surface area contributed by atoms with Gasteiger partial charge in [0.25, 0.3) is 11.7 Å². The van der Waals surface area contributed by atoms with Gasteiger partial charge in [-0.25, -0.2) is 4.39 Å². The summed E-state index contributed by atoms with van der Waals surface area (Å²) >= 11 is 0. The number of ketones is 1. The van der Waals surface area contributed by atoms with Gasteiger partial charge >= 0.3 is 0 Å². The fourth-order valence-electron chi connectivity index (χ4n) is 2.81. The molecule has 0 N–H and O–H groups in total. The summed E-state index contributed by atoms with van der Waals surface area (Å²) in [7, 11) is 0. The van der Waals surface area contributed by atoms with Crippen molar-refractivity contribution in [1.29, 1.82) is 0 Å². The van der Waals surface area contributed by atoms with E-state index in [2.05, 4.69) is 0 Å². The Hall–Kier alpha value is -2.49. The van der Waals surface area contributed by atoms with Crippen molar-refractivity contribution in [1.82, 2.24) is 0 Å². The van der Waals surface area contributed by atoms with Gasteiger partial charge in [-0.3, -0.25) is 14.5 Å². The van der Waals surface area contributed by atoms with Crippen LogP contribution in [0.1, 0.15) is 27.0 Å². The average molecular weight is 283 g/mol. The number of nitrogens with zero attached hydrogens (tertiary/aromatic N) is 1. The molecular formula is C17H14FNO2. The molecule has 1 amide bonds. The summed E-state index contributed by atoms with van der Waals surface area (Å²) in [5.74, 6) is -1.86. The van der Waals surface area contributed by atoms with Crippen LogP contribution in [-0.2, 0) is 11.3 Å². The van der Waals surface area contributed by atoms with Crippen molar-refractivity contribution >= 4 is 17.4 Å². The van der Waals surface area contributed by atoms with Crippen LogP contribution in [0.5, 0.6) is 0 Å². The molecule has 2 aromatic carbocycles. The first kappa shape index (κ1) is 13.5. The highest BCUT2D eigenvalue weighted by molar-refractivity contribution is 6.52. The average Bonchev–Trinajstić information content (AvgIpc) is 2.64. The zero-order valence-electron chi connectivity index (χ0n) is 11.8. The van der Waals surface area contributed by atoms with Gasteiger partial charge in [0, 0.05) is 0 Å². The number of hydrogen-bond acceptors (Lipinski definition) is 2. The Morgan fingerprint density at radius 2 is 1.71 bits per heavy atom. The van der Waals surface area contributed by atoms with Crippen LogP contribution >= 0.6 is 0 Å². The van der Waals surface area contributed by atoms with Gasteiger partial charge in [-0.05, 0) is 31.5 Å². The lowest BCUT2D eigenvalue weighted by Gasteiger charge is -2.17. The number of para-hydroxylation sites is 1. The van der Waals surface area contributed by atoms with E-state index in [1.807, 2.05) is 32.0 Å². The van der Waals surface area contributed by atoms with Crippen molar-refractivity contribution in [2.45, 2.75) is 20.4 Å². The SMILES string of the molecule is Cc1cc(C)cc(CN2C(=O)C(=O)c3cccc(F)c32)c1. The predicted molar refractivity (Wildman–Crippen MR) is 77.8 cm³/mol. The Morgan fingerprint density at radius 1 is 1.05 bits per heavy atom. The molecule has 4 heteroatoms. The van der Waals surface area contributed by atoms with Gasteiger partial charge in [0.1, 0.15) is 5.82 Å². The van der Waals surface area contributed by atoms with E-state index < -0.39 is 17.5 Å². The van der Waals surface area contributed by atoms with Crippen molar-refractivity contribution in [2.75, 3.05) is 4.90 Å². The third-order valence-corrected chi connectivity index (χ3v) is 3.56. The quantitative estimate of drug-likeness (QED) is 0.794. The van der Waals surface area contributed by atoms with Crippen molar-refractivity contribution in [3.05, 3.63) is 64.5 Å². The number of carbonyl (C=O) groups excluding carboxylic acids is 2.